The molecular weight excluding hydrogens is 264 g/mol. The zero-order chi connectivity index (χ0) is 14.8. The van der Waals surface area contributed by atoms with Gasteiger partial charge in [-0.05, 0) is 17.7 Å². The average Bonchev–Trinajstić information content (AvgIpc) is 2.76. The summed E-state index contributed by atoms with van der Waals surface area (Å²) in [7, 11) is 4.34. The van der Waals surface area contributed by atoms with Crippen molar-refractivity contribution in [3.8, 4) is 5.75 Å². The minimum absolute atomic E-state index is 0.527. The van der Waals surface area contributed by atoms with E-state index in [0.717, 1.165) is 0 Å². The van der Waals surface area contributed by atoms with E-state index in [0.29, 0.717) is 11.3 Å². The van der Waals surface area contributed by atoms with Gasteiger partial charge >= 0.3 is 6.03 Å². The summed E-state index contributed by atoms with van der Waals surface area (Å²) in [6.07, 6.45) is -0.956. The van der Waals surface area contributed by atoms with Crippen molar-refractivity contribution < 1.29 is 23.8 Å². The summed E-state index contributed by atoms with van der Waals surface area (Å²) in [5.74, 6) is 0.112. The Morgan fingerprint density at radius 1 is 1.05 bits per heavy atom. The molecule has 3 amide bonds. The maximum Gasteiger partial charge on any atom is 0.322 e. The Labute approximate surface area is 116 Å². The van der Waals surface area contributed by atoms with Crippen LogP contribution in [0.25, 0.3) is 0 Å². The number of imide groups is 1. The molecule has 20 heavy (non-hydrogen) atoms. The normalized spacial score (nSPS) is 21.8. The van der Waals surface area contributed by atoms with E-state index in [-0.39, 0.29) is 0 Å². The Balaban J connectivity index is 2.51. The number of benzene rings is 1. The molecule has 2 rings (SSSR count). The highest BCUT2D eigenvalue weighted by Crippen LogP contribution is 2.32. The molecule has 0 radical (unpaired) electrons. The van der Waals surface area contributed by atoms with Crippen LogP contribution in [0.4, 0.5) is 4.79 Å². The van der Waals surface area contributed by atoms with E-state index in [1.807, 2.05) is 0 Å². The summed E-state index contributed by atoms with van der Waals surface area (Å²) in [5.41, 5.74) is -0.886. The van der Waals surface area contributed by atoms with Gasteiger partial charge in [-0.3, -0.25) is 10.1 Å². The van der Waals surface area contributed by atoms with Crippen LogP contribution in [0.15, 0.2) is 24.3 Å². The van der Waals surface area contributed by atoms with Gasteiger partial charge < -0.3 is 19.5 Å². The summed E-state index contributed by atoms with van der Waals surface area (Å²) in [6.45, 7) is 0. The largest absolute Gasteiger partial charge is 0.497 e. The van der Waals surface area contributed by atoms with E-state index >= 15 is 0 Å². The minimum Gasteiger partial charge on any atom is -0.497 e. The second-order valence-electron chi connectivity index (χ2n) is 4.25. The molecule has 0 saturated carbocycles. The lowest BCUT2D eigenvalue weighted by atomic mass is 9.89. The fraction of sp³-hybridized carbons (Fsp3) is 0.385. The number of hydrogen-bond acceptors (Lipinski definition) is 5. The highest BCUT2D eigenvalue weighted by Gasteiger charge is 2.54. The lowest BCUT2D eigenvalue weighted by molar-refractivity contribution is -0.166. The van der Waals surface area contributed by atoms with Crippen molar-refractivity contribution in [2.45, 2.75) is 11.8 Å². The summed E-state index contributed by atoms with van der Waals surface area (Å²) in [5, 5.41) is 4.79. The summed E-state index contributed by atoms with van der Waals surface area (Å²) in [4.78, 5) is 23.8. The molecule has 0 aromatic heterocycles. The van der Waals surface area contributed by atoms with Gasteiger partial charge in [-0.25, -0.2) is 4.79 Å². The van der Waals surface area contributed by atoms with E-state index in [1.54, 1.807) is 31.4 Å². The van der Waals surface area contributed by atoms with Crippen LogP contribution in [0.3, 0.4) is 0 Å². The van der Waals surface area contributed by atoms with Crippen LogP contribution in [-0.2, 0) is 19.8 Å². The van der Waals surface area contributed by atoms with Crippen molar-refractivity contribution in [3.05, 3.63) is 29.8 Å². The average molecular weight is 280 g/mol. The van der Waals surface area contributed by atoms with Crippen LogP contribution < -0.4 is 15.4 Å². The van der Waals surface area contributed by atoms with Crippen molar-refractivity contribution in [2.75, 3.05) is 21.3 Å². The first-order valence-corrected chi connectivity index (χ1v) is 5.92. The maximum atomic E-state index is 12.2. The molecule has 1 atom stereocenters. The molecular formula is C13H16N2O5. The zero-order valence-electron chi connectivity index (χ0n) is 11.4. The number of urea groups is 1. The molecule has 1 unspecified atom stereocenters. The number of carbonyl (C=O) groups excluding carboxylic acids is 2. The fourth-order valence-electron chi connectivity index (χ4n) is 2.28. The van der Waals surface area contributed by atoms with Gasteiger partial charge in [0.25, 0.3) is 5.91 Å². The van der Waals surface area contributed by atoms with Crippen molar-refractivity contribution >= 4 is 11.9 Å². The number of ether oxygens (including phenoxy) is 3. The van der Waals surface area contributed by atoms with Gasteiger partial charge in [-0.1, -0.05) is 12.1 Å². The van der Waals surface area contributed by atoms with Crippen LogP contribution in [-0.4, -0.2) is 39.6 Å². The summed E-state index contributed by atoms with van der Waals surface area (Å²) < 4.78 is 15.5. The Bertz CT molecular complexity index is 512. The molecule has 7 heteroatoms. The van der Waals surface area contributed by atoms with Gasteiger partial charge in [0, 0.05) is 14.2 Å². The van der Waals surface area contributed by atoms with Crippen molar-refractivity contribution in [1.82, 2.24) is 10.6 Å². The summed E-state index contributed by atoms with van der Waals surface area (Å²) in [6, 6.07) is 6.14. The van der Waals surface area contributed by atoms with Crippen LogP contribution >= 0.6 is 0 Å². The third-order valence-electron chi connectivity index (χ3n) is 3.22. The number of hydrogen-bond donors (Lipinski definition) is 2. The van der Waals surface area contributed by atoms with Gasteiger partial charge in [-0.15, -0.1) is 0 Å². The fourth-order valence-corrected chi connectivity index (χ4v) is 2.28. The number of amides is 3. The molecule has 7 nitrogen and oxygen atoms in total. The van der Waals surface area contributed by atoms with Gasteiger partial charge in [0.1, 0.15) is 5.75 Å². The molecule has 1 aromatic rings. The first-order valence-electron chi connectivity index (χ1n) is 5.92. The molecule has 1 saturated heterocycles. The van der Waals surface area contributed by atoms with E-state index < -0.39 is 23.8 Å². The SMILES string of the molecule is COc1ccc(C2(C(OC)OC)NC(=O)NC2=O)cc1. The molecule has 1 aromatic carbocycles. The predicted molar refractivity (Wildman–Crippen MR) is 69.2 cm³/mol. The number of rotatable bonds is 5. The topological polar surface area (TPSA) is 85.9 Å². The minimum atomic E-state index is -1.42. The Kier molecular flexibility index (Phi) is 3.91. The van der Waals surface area contributed by atoms with Crippen molar-refractivity contribution in [2.24, 2.45) is 0 Å². The second-order valence-corrected chi connectivity index (χ2v) is 4.25. The number of carbonyl (C=O) groups is 2. The molecule has 1 aliphatic rings. The Morgan fingerprint density at radius 2 is 1.65 bits per heavy atom. The standard InChI is InChI=1S/C13H16N2O5/c1-18-9-6-4-8(5-7-9)13(11(19-2)20-3)10(16)14-12(17)15-13/h4-7,11H,1-3H3,(H2,14,15,16,17). The van der Waals surface area contributed by atoms with Crippen LogP contribution in [0.2, 0.25) is 0 Å². The van der Waals surface area contributed by atoms with Crippen LogP contribution in [0.1, 0.15) is 5.56 Å². The number of nitrogens with one attached hydrogen (secondary N) is 2. The highest BCUT2D eigenvalue weighted by atomic mass is 16.7. The molecule has 108 valence electrons. The lowest BCUT2D eigenvalue weighted by Gasteiger charge is -2.32. The molecule has 1 aliphatic heterocycles. The van der Waals surface area contributed by atoms with Gasteiger partial charge in [0.2, 0.25) is 0 Å². The van der Waals surface area contributed by atoms with Gasteiger partial charge in [-0.2, -0.15) is 0 Å². The Hall–Kier alpha value is -2.12. The highest BCUT2D eigenvalue weighted by molar-refractivity contribution is 6.07. The Morgan fingerprint density at radius 3 is 2.05 bits per heavy atom. The van der Waals surface area contributed by atoms with Crippen molar-refractivity contribution in [3.63, 3.8) is 0 Å². The molecule has 2 N–H and O–H groups in total. The van der Waals surface area contributed by atoms with E-state index in [1.165, 1.54) is 14.2 Å². The smallest absolute Gasteiger partial charge is 0.322 e. The summed E-state index contributed by atoms with van der Waals surface area (Å²) >= 11 is 0. The molecule has 1 fully saturated rings. The van der Waals surface area contributed by atoms with Gasteiger partial charge in [0.15, 0.2) is 11.8 Å². The van der Waals surface area contributed by atoms with Crippen molar-refractivity contribution in [1.29, 1.82) is 0 Å². The third kappa shape index (κ3) is 2.10. The quantitative estimate of drug-likeness (QED) is 0.600. The second kappa shape index (κ2) is 5.48. The number of methoxy groups -OCH3 is 3. The van der Waals surface area contributed by atoms with E-state index in [9.17, 15) is 9.59 Å². The van der Waals surface area contributed by atoms with Gasteiger partial charge in [0.05, 0.1) is 7.11 Å². The van der Waals surface area contributed by atoms with Crippen LogP contribution in [0.5, 0.6) is 5.75 Å². The van der Waals surface area contributed by atoms with E-state index in [4.69, 9.17) is 14.2 Å². The van der Waals surface area contributed by atoms with Crippen LogP contribution in [0, 0.1) is 0 Å². The molecule has 0 bridgehead atoms. The maximum absolute atomic E-state index is 12.2. The molecule has 1 heterocycles. The van der Waals surface area contributed by atoms with E-state index in [2.05, 4.69) is 10.6 Å². The molecule has 0 aliphatic carbocycles. The molecule has 0 spiro atoms. The zero-order valence-corrected chi connectivity index (χ0v) is 11.4. The first-order chi connectivity index (χ1) is 9.58. The predicted octanol–water partition coefficient (Wildman–Crippen LogP) is 0.349. The first kappa shape index (κ1) is 14.3. The third-order valence-corrected chi connectivity index (χ3v) is 3.22. The monoisotopic (exact) mass is 280 g/mol. The lowest BCUT2D eigenvalue weighted by Crippen LogP contribution is -2.54.